The minimum atomic E-state index is -4.65. The second-order valence-corrected chi connectivity index (χ2v) is 6.53. The van der Waals surface area contributed by atoms with E-state index in [2.05, 4.69) is 0 Å². The zero-order chi connectivity index (χ0) is 17.5. The molecule has 2 saturated carbocycles. The van der Waals surface area contributed by atoms with Crippen molar-refractivity contribution in [1.82, 2.24) is 0 Å². The van der Waals surface area contributed by atoms with Crippen LogP contribution >= 0.6 is 0 Å². The molecule has 4 unspecified atom stereocenters. The fourth-order valence-corrected chi connectivity index (χ4v) is 3.79. The van der Waals surface area contributed by atoms with E-state index in [1.807, 2.05) is 0 Å². The van der Waals surface area contributed by atoms with E-state index in [0.29, 0.717) is 17.9 Å². The number of fused-ring (bicyclic) bond motifs is 2. The van der Waals surface area contributed by atoms with Crippen molar-refractivity contribution in [1.29, 1.82) is 0 Å². The molecule has 3 rings (SSSR count). The first-order chi connectivity index (χ1) is 11.2. The summed E-state index contributed by atoms with van der Waals surface area (Å²) in [6.07, 6.45) is -1.27. The third-order valence-electron chi connectivity index (χ3n) is 4.86. The maximum atomic E-state index is 13.1. The molecule has 0 aliphatic heterocycles. The third kappa shape index (κ3) is 3.50. The highest BCUT2D eigenvalue weighted by Crippen LogP contribution is 2.46. The van der Waals surface area contributed by atoms with E-state index in [1.54, 1.807) is 0 Å². The molecule has 4 atom stereocenters. The van der Waals surface area contributed by atoms with Crippen molar-refractivity contribution in [3.05, 3.63) is 29.3 Å². The van der Waals surface area contributed by atoms with Crippen LogP contribution in [0.2, 0.25) is 0 Å². The lowest BCUT2D eigenvalue weighted by Gasteiger charge is -2.27. The van der Waals surface area contributed by atoms with Gasteiger partial charge in [-0.2, -0.15) is 13.2 Å². The number of hydrogen-bond donors (Lipinski definition) is 0. The smallest absolute Gasteiger partial charge is 0.419 e. The van der Waals surface area contributed by atoms with Crippen molar-refractivity contribution >= 4 is 5.97 Å². The minimum absolute atomic E-state index is 0.00240. The van der Waals surface area contributed by atoms with Gasteiger partial charge >= 0.3 is 6.18 Å². The number of alkyl halides is 3. The highest BCUT2D eigenvalue weighted by molar-refractivity contribution is 5.86. The van der Waals surface area contributed by atoms with E-state index in [0.717, 1.165) is 31.4 Å². The summed E-state index contributed by atoms with van der Waals surface area (Å²) in [6.45, 7) is 1.53. The molecule has 1 aromatic carbocycles. The van der Waals surface area contributed by atoms with Gasteiger partial charge in [-0.25, -0.2) is 0 Å². The Morgan fingerprint density at radius 2 is 2.04 bits per heavy atom. The normalized spacial score (nSPS) is 27.2. The molecule has 2 aliphatic carbocycles. The fourth-order valence-electron chi connectivity index (χ4n) is 3.79. The van der Waals surface area contributed by atoms with Crippen molar-refractivity contribution in [2.45, 2.75) is 51.2 Å². The zero-order valence-corrected chi connectivity index (χ0v) is 13.1. The molecule has 2 bridgehead atoms. The standard InChI is InChI=1S/C17H19F3O4/c1-9(23-14-7-10-2-3-11(14)6-10)24-15-8-12(16(21)22)4-5-13(15)17(18,19)20/h4-5,8-11,14H,2-3,6-7H2,1H3,(H,21,22)/p-1. The molecule has 7 heteroatoms. The maximum Gasteiger partial charge on any atom is 0.419 e. The number of halogens is 3. The number of carboxylic acids is 1. The second kappa shape index (κ2) is 6.27. The Kier molecular flexibility index (Phi) is 4.46. The largest absolute Gasteiger partial charge is 0.545 e. The summed E-state index contributed by atoms with van der Waals surface area (Å²) in [7, 11) is 0. The number of hydrogen-bond acceptors (Lipinski definition) is 4. The predicted octanol–water partition coefficient (Wildman–Crippen LogP) is 3.00. The third-order valence-corrected chi connectivity index (χ3v) is 4.86. The van der Waals surface area contributed by atoms with E-state index < -0.39 is 29.7 Å². The van der Waals surface area contributed by atoms with Gasteiger partial charge in [0.2, 0.25) is 0 Å². The van der Waals surface area contributed by atoms with E-state index in [4.69, 9.17) is 9.47 Å². The van der Waals surface area contributed by atoms with Gasteiger partial charge in [0.1, 0.15) is 5.75 Å². The Morgan fingerprint density at radius 1 is 1.29 bits per heavy atom. The molecule has 0 heterocycles. The number of aromatic carboxylic acids is 1. The summed E-state index contributed by atoms with van der Waals surface area (Å²) in [5.74, 6) is -1.04. The van der Waals surface area contributed by atoms with E-state index in [1.165, 1.54) is 13.3 Å². The van der Waals surface area contributed by atoms with E-state index >= 15 is 0 Å². The van der Waals surface area contributed by atoms with E-state index in [9.17, 15) is 23.1 Å². The van der Waals surface area contributed by atoms with Crippen LogP contribution in [0.5, 0.6) is 5.75 Å². The van der Waals surface area contributed by atoms with Crippen molar-refractivity contribution in [3.63, 3.8) is 0 Å². The molecule has 132 valence electrons. The molecule has 0 spiro atoms. The van der Waals surface area contributed by atoms with Gasteiger partial charge in [-0.1, -0.05) is 6.07 Å². The van der Waals surface area contributed by atoms with Crippen molar-refractivity contribution < 1.29 is 32.5 Å². The number of benzene rings is 1. The van der Waals surface area contributed by atoms with Crippen LogP contribution in [0.15, 0.2) is 18.2 Å². The average molecular weight is 343 g/mol. The van der Waals surface area contributed by atoms with Crippen LogP contribution in [0.3, 0.4) is 0 Å². The zero-order valence-electron chi connectivity index (χ0n) is 13.1. The lowest BCUT2D eigenvalue weighted by atomic mass is 9.98. The second-order valence-electron chi connectivity index (χ2n) is 6.53. The number of carbonyl (C=O) groups is 1. The highest BCUT2D eigenvalue weighted by atomic mass is 19.4. The summed E-state index contributed by atoms with van der Waals surface area (Å²) in [6, 6.07) is 2.37. The van der Waals surface area contributed by atoms with Gasteiger partial charge < -0.3 is 19.4 Å². The van der Waals surface area contributed by atoms with Crippen molar-refractivity contribution in [3.8, 4) is 5.75 Å². The van der Waals surface area contributed by atoms with E-state index in [-0.39, 0.29) is 11.7 Å². The van der Waals surface area contributed by atoms with Gasteiger partial charge in [0.15, 0.2) is 6.29 Å². The summed E-state index contributed by atoms with van der Waals surface area (Å²) in [4.78, 5) is 10.9. The van der Waals surface area contributed by atoms with Crippen LogP contribution in [0, 0.1) is 11.8 Å². The number of carboxylic acid groups (broad SMARTS) is 1. The van der Waals surface area contributed by atoms with Gasteiger partial charge in [-0.05, 0) is 56.6 Å². The molecular formula is C17H18F3O4-. The molecule has 0 aromatic heterocycles. The number of carbonyl (C=O) groups excluding carboxylic acids is 1. The summed E-state index contributed by atoms with van der Waals surface area (Å²) in [5, 5.41) is 10.9. The van der Waals surface area contributed by atoms with Crippen LogP contribution < -0.4 is 9.84 Å². The Hall–Kier alpha value is -1.76. The topological polar surface area (TPSA) is 58.6 Å². The Balaban J connectivity index is 1.74. The van der Waals surface area contributed by atoms with Crippen LogP contribution in [-0.4, -0.2) is 18.4 Å². The molecule has 0 amide bonds. The lowest BCUT2D eigenvalue weighted by molar-refractivity contribution is -0.255. The molecule has 2 aliphatic rings. The van der Waals surface area contributed by atoms with Crippen LogP contribution in [0.25, 0.3) is 0 Å². The first kappa shape index (κ1) is 17.1. The quantitative estimate of drug-likeness (QED) is 0.771. The van der Waals surface area contributed by atoms with Crippen LogP contribution in [0.1, 0.15) is 48.5 Å². The summed E-state index contributed by atoms with van der Waals surface area (Å²) >= 11 is 0. The van der Waals surface area contributed by atoms with Gasteiger partial charge in [0.25, 0.3) is 0 Å². The maximum absolute atomic E-state index is 13.1. The summed E-state index contributed by atoms with van der Waals surface area (Å²) < 4.78 is 50.3. The molecule has 0 saturated heterocycles. The van der Waals surface area contributed by atoms with Crippen molar-refractivity contribution in [2.75, 3.05) is 0 Å². The average Bonchev–Trinajstić information content (AvgIpc) is 3.08. The fraction of sp³-hybridized carbons (Fsp3) is 0.588. The first-order valence-electron chi connectivity index (χ1n) is 7.98. The van der Waals surface area contributed by atoms with Gasteiger partial charge in [-0.3, -0.25) is 0 Å². The van der Waals surface area contributed by atoms with Crippen LogP contribution in [0.4, 0.5) is 13.2 Å². The molecule has 1 aromatic rings. The van der Waals surface area contributed by atoms with Gasteiger partial charge in [0.05, 0.1) is 17.6 Å². The van der Waals surface area contributed by atoms with Crippen LogP contribution in [-0.2, 0) is 10.9 Å². The summed E-state index contributed by atoms with van der Waals surface area (Å²) in [5.41, 5.74) is -1.40. The molecular weight excluding hydrogens is 325 g/mol. The minimum Gasteiger partial charge on any atom is -0.545 e. The molecule has 0 radical (unpaired) electrons. The number of ether oxygens (including phenoxy) is 2. The molecule has 0 N–H and O–H groups in total. The Labute approximate surface area is 137 Å². The highest BCUT2D eigenvalue weighted by Gasteiger charge is 2.41. The Bertz CT molecular complexity index is 629. The first-order valence-corrected chi connectivity index (χ1v) is 7.98. The monoisotopic (exact) mass is 343 g/mol. The van der Waals surface area contributed by atoms with Crippen molar-refractivity contribution in [2.24, 2.45) is 11.8 Å². The lowest BCUT2D eigenvalue weighted by Crippen LogP contribution is -2.29. The Morgan fingerprint density at radius 3 is 2.58 bits per heavy atom. The predicted molar refractivity (Wildman–Crippen MR) is 76.2 cm³/mol. The SMILES string of the molecule is CC(Oc1cc(C(=O)[O-])ccc1C(F)(F)F)OC1CC2CCC1C2. The molecule has 2 fully saturated rings. The van der Waals surface area contributed by atoms with Gasteiger partial charge in [0, 0.05) is 5.56 Å². The molecule has 24 heavy (non-hydrogen) atoms. The number of rotatable bonds is 5. The van der Waals surface area contributed by atoms with Gasteiger partial charge in [-0.15, -0.1) is 0 Å². The molecule has 4 nitrogen and oxygen atoms in total.